The molecule has 5 heteroatoms. The van der Waals surface area contributed by atoms with Gasteiger partial charge in [-0.25, -0.2) is 4.98 Å². The SMILES string of the molecule is CCc1ncc(C(=O)NC(C)CC(O)c2ccccc2)s1. The van der Waals surface area contributed by atoms with Gasteiger partial charge in [0.25, 0.3) is 5.91 Å². The van der Waals surface area contributed by atoms with Crippen LogP contribution in [0.5, 0.6) is 0 Å². The van der Waals surface area contributed by atoms with E-state index in [2.05, 4.69) is 10.3 Å². The van der Waals surface area contributed by atoms with Gasteiger partial charge in [0.1, 0.15) is 4.88 Å². The molecular formula is C16H20N2O2S. The van der Waals surface area contributed by atoms with Crippen LogP contribution in [-0.4, -0.2) is 22.0 Å². The highest BCUT2D eigenvalue weighted by Crippen LogP contribution is 2.18. The number of aryl methyl sites for hydroxylation is 1. The summed E-state index contributed by atoms with van der Waals surface area (Å²) in [6.07, 6.45) is 2.35. The summed E-state index contributed by atoms with van der Waals surface area (Å²) in [5, 5.41) is 14.0. The first-order valence-electron chi connectivity index (χ1n) is 7.08. The van der Waals surface area contributed by atoms with Crippen molar-refractivity contribution in [2.75, 3.05) is 0 Å². The lowest BCUT2D eigenvalue weighted by molar-refractivity contribution is 0.0921. The Kier molecular flexibility index (Phi) is 5.47. The number of rotatable bonds is 6. The van der Waals surface area contributed by atoms with E-state index in [9.17, 15) is 9.90 Å². The van der Waals surface area contributed by atoms with Crippen LogP contribution in [0.15, 0.2) is 36.5 Å². The number of carbonyl (C=O) groups excluding carboxylic acids is 1. The number of nitrogens with one attached hydrogen (secondary N) is 1. The lowest BCUT2D eigenvalue weighted by Gasteiger charge is -2.17. The molecule has 0 saturated carbocycles. The Labute approximate surface area is 128 Å². The average Bonchev–Trinajstić information content (AvgIpc) is 2.97. The first-order valence-corrected chi connectivity index (χ1v) is 7.90. The highest BCUT2D eigenvalue weighted by Gasteiger charge is 2.16. The van der Waals surface area contributed by atoms with Crippen molar-refractivity contribution < 1.29 is 9.90 Å². The number of benzene rings is 1. The molecule has 21 heavy (non-hydrogen) atoms. The van der Waals surface area contributed by atoms with Gasteiger partial charge in [-0.2, -0.15) is 0 Å². The Balaban J connectivity index is 1.89. The molecule has 1 aromatic heterocycles. The lowest BCUT2D eigenvalue weighted by Crippen LogP contribution is -2.33. The fourth-order valence-electron chi connectivity index (χ4n) is 2.08. The molecule has 1 amide bonds. The van der Waals surface area contributed by atoms with Crippen LogP contribution in [0.2, 0.25) is 0 Å². The summed E-state index contributed by atoms with van der Waals surface area (Å²) in [6, 6.07) is 9.36. The van der Waals surface area contributed by atoms with Crippen molar-refractivity contribution in [2.24, 2.45) is 0 Å². The third-order valence-corrected chi connectivity index (χ3v) is 4.36. The number of thiazole rings is 1. The molecule has 1 heterocycles. The van der Waals surface area contributed by atoms with Crippen molar-refractivity contribution in [1.29, 1.82) is 0 Å². The maximum Gasteiger partial charge on any atom is 0.263 e. The Morgan fingerprint density at radius 2 is 2.10 bits per heavy atom. The molecule has 2 rings (SSSR count). The summed E-state index contributed by atoms with van der Waals surface area (Å²) in [5.74, 6) is -0.125. The highest BCUT2D eigenvalue weighted by molar-refractivity contribution is 7.13. The normalized spacial score (nSPS) is 13.7. The monoisotopic (exact) mass is 304 g/mol. The van der Waals surface area contributed by atoms with Crippen molar-refractivity contribution in [3.63, 3.8) is 0 Å². The number of aliphatic hydroxyl groups is 1. The van der Waals surface area contributed by atoms with E-state index >= 15 is 0 Å². The molecule has 0 aliphatic rings. The Hall–Kier alpha value is -1.72. The van der Waals surface area contributed by atoms with E-state index < -0.39 is 6.10 Å². The maximum absolute atomic E-state index is 12.1. The summed E-state index contributed by atoms with van der Waals surface area (Å²) < 4.78 is 0. The van der Waals surface area contributed by atoms with Gasteiger partial charge in [-0.3, -0.25) is 4.79 Å². The molecule has 0 spiro atoms. The Morgan fingerprint density at radius 1 is 1.38 bits per heavy atom. The molecule has 1 aromatic carbocycles. The van der Waals surface area contributed by atoms with Crippen molar-refractivity contribution in [3.05, 3.63) is 52.0 Å². The van der Waals surface area contributed by atoms with Crippen LogP contribution in [0.1, 0.15) is 46.6 Å². The number of aromatic nitrogens is 1. The number of nitrogens with zero attached hydrogens (tertiary/aromatic N) is 1. The summed E-state index contributed by atoms with van der Waals surface area (Å²) in [4.78, 5) is 16.9. The molecule has 2 aromatic rings. The summed E-state index contributed by atoms with van der Waals surface area (Å²) >= 11 is 1.41. The third-order valence-electron chi connectivity index (χ3n) is 3.22. The minimum Gasteiger partial charge on any atom is -0.388 e. The van der Waals surface area contributed by atoms with E-state index in [-0.39, 0.29) is 11.9 Å². The molecule has 2 atom stereocenters. The van der Waals surface area contributed by atoms with Gasteiger partial charge in [-0.15, -0.1) is 11.3 Å². The topological polar surface area (TPSA) is 62.2 Å². The Bertz CT molecular complexity index is 583. The number of carbonyl (C=O) groups is 1. The smallest absolute Gasteiger partial charge is 0.263 e. The second kappa shape index (κ2) is 7.33. The van der Waals surface area contributed by atoms with Crippen LogP contribution in [0.3, 0.4) is 0 Å². The first kappa shape index (κ1) is 15.7. The first-order chi connectivity index (χ1) is 10.1. The molecule has 0 aliphatic heterocycles. The molecule has 0 radical (unpaired) electrons. The van der Waals surface area contributed by atoms with Gasteiger partial charge in [-0.05, 0) is 25.3 Å². The second-order valence-electron chi connectivity index (χ2n) is 5.01. The predicted molar refractivity (Wildman–Crippen MR) is 84.4 cm³/mol. The molecule has 2 unspecified atom stereocenters. The van der Waals surface area contributed by atoms with Crippen molar-refractivity contribution in [3.8, 4) is 0 Å². The van der Waals surface area contributed by atoms with Crippen molar-refractivity contribution in [1.82, 2.24) is 10.3 Å². The lowest BCUT2D eigenvalue weighted by atomic mass is 10.0. The maximum atomic E-state index is 12.1. The number of hydrogen-bond acceptors (Lipinski definition) is 4. The summed E-state index contributed by atoms with van der Waals surface area (Å²) in [5.41, 5.74) is 0.865. The summed E-state index contributed by atoms with van der Waals surface area (Å²) in [6.45, 7) is 3.91. The van der Waals surface area contributed by atoms with Gasteiger partial charge < -0.3 is 10.4 Å². The van der Waals surface area contributed by atoms with Crippen LogP contribution >= 0.6 is 11.3 Å². The summed E-state index contributed by atoms with van der Waals surface area (Å²) in [7, 11) is 0. The average molecular weight is 304 g/mol. The van der Waals surface area contributed by atoms with Crippen LogP contribution in [-0.2, 0) is 6.42 Å². The van der Waals surface area contributed by atoms with Crippen LogP contribution in [0.4, 0.5) is 0 Å². The van der Waals surface area contributed by atoms with Gasteiger partial charge in [0.15, 0.2) is 0 Å². The fraction of sp³-hybridized carbons (Fsp3) is 0.375. The molecule has 0 bridgehead atoms. The molecule has 2 N–H and O–H groups in total. The molecule has 112 valence electrons. The second-order valence-corrected chi connectivity index (χ2v) is 6.12. The van der Waals surface area contributed by atoms with E-state index in [4.69, 9.17) is 0 Å². The van der Waals surface area contributed by atoms with Gasteiger partial charge in [0, 0.05) is 6.04 Å². The molecule has 4 nitrogen and oxygen atoms in total. The van der Waals surface area contributed by atoms with Crippen LogP contribution < -0.4 is 5.32 Å². The van der Waals surface area contributed by atoms with E-state index in [1.165, 1.54) is 11.3 Å². The van der Waals surface area contributed by atoms with E-state index in [0.717, 1.165) is 17.0 Å². The van der Waals surface area contributed by atoms with Crippen molar-refractivity contribution >= 4 is 17.2 Å². The largest absolute Gasteiger partial charge is 0.388 e. The van der Waals surface area contributed by atoms with Crippen molar-refractivity contribution in [2.45, 2.75) is 38.8 Å². The molecule has 0 saturated heterocycles. The number of amides is 1. The predicted octanol–water partition coefficient (Wildman–Crippen LogP) is 2.95. The van der Waals surface area contributed by atoms with Gasteiger partial charge in [0.05, 0.1) is 17.3 Å². The standard InChI is InChI=1S/C16H20N2O2S/c1-3-15-17-10-14(21-15)16(20)18-11(2)9-13(19)12-7-5-4-6-8-12/h4-8,10-11,13,19H,3,9H2,1-2H3,(H,18,20). The fourth-order valence-corrected chi connectivity index (χ4v) is 2.84. The number of hydrogen-bond donors (Lipinski definition) is 2. The van der Waals surface area contributed by atoms with E-state index in [1.807, 2.05) is 44.2 Å². The zero-order valence-corrected chi connectivity index (χ0v) is 13.1. The number of aliphatic hydroxyl groups excluding tert-OH is 1. The van der Waals surface area contributed by atoms with Crippen LogP contribution in [0.25, 0.3) is 0 Å². The quantitative estimate of drug-likeness (QED) is 0.862. The highest BCUT2D eigenvalue weighted by atomic mass is 32.1. The molecular weight excluding hydrogens is 284 g/mol. The zero-order valence-electron chi connectivity index (χ0n) is 12.2. The Morgan fingerprint density at radius 3 is 2.71 bits per heavy atom. The van der Waals surface area contributed by atoms with E-state index in [1.54, 1.807) is 6.20 Å². The minimum absolute atomic E-state index is 0.111. The minimum atomic E-state index is -0.575. The molecule has 0 fully saturated rings. The third kappa shape index (κ3) is 4.37. The van der Waals surface area contributed by atoms with Gasteiger partial charge >= 0.3 is 0 Å². The van der Waals surface area contributed by atoms with E-state index in [0.29, 0.717) is 11.3 Å². The van der Waals surface area contributed by atoms with Gasteiger partial charge in [0.2, 0.25) is 0 Å². The zero-order chi connectivity index (χ0) is 15.2. The molecule has 0 aliphatic carbocycles. The van der Waals surface area contributed by atoms with Crippen LogP contribution in [0, 0.1) is 0 Å². The van der Waals surface area contributed by atoms with Gasteiger partial charge in [-0.1, -0.05) is 37.3 Å².